The summed E-state index contributed by atoms with van der Waals surface area (Å²) in [5, 5.41) is 5.13. The molecule has 1 atom stereocenters. The largest absolute Gasteiger partial charge is 0.493 e. The summed E-state index contributed by atoms with van der Waals surface area (Å²) in [7, 11) is 1.44. The van der Waals surface area contributed by atoms with E-state index >= 15 is 4.39 Å². The van der Waals surface area contributed by atoms with Crippen LogP contribution < -0.4 is 25.0 Å². The van der Waals surface area contributed by atoms with E-state index in [2.05, 4.69) is 15.3 Å². The van der Waals surface area contributed by atoms with E-state index in [0.29, 0.717) is 64.0 Å². The SMILES string of the molecule is [2H]C1([2H])N(CC2CCC(Oc3cc4c(Nc5ccc(Cl)c(Cl)c5F)ncnc4cc3OC)CC2)C([2H])([2H])C([2H])([2H])N(c2cc(F)c3c(c2)C(=O)N(C2CCC(=O)NC2=O)C3=O)C1([2H])[2H]. The number of halogens is 4. The zero-order chi connectivity index (χ0) is 46.4. The van der Waals surface area contributed by atoms with E-state index in [4.69, 9.17) is 43.6 Å². The Hall–Kier alpha value is -5.12. The maximum Gasteiger partial charge on any atom is 0.265 e. The van der Waals surface area contributed by atoms with Crippen molar-refractivity contribution in [1.29, 1.82) is 0 Å². The van der Waals surface area contributed by atoms with Crippen LogP contribution in [0.25, 0.3) is 10.9 Å². The average molecular weight is 817 g/mol. The monoisotopic (exact) mass is 815 g/mol. The molecule has 1 unspecified atom stereocenters. The topological polar surface area (TPSA) is 146 Å². The third-order valence-corrected chi connectivity index (χ3v) is 10.8. The molecule has 4 amide bonds. The van der Waals surface area contributed by atoms with Crippen LogP contribution in [0.5, 0.6) is 11.5 Å². The number of carbonyl (C=O) groups excluding carboxylic acids is 4. The van der Waals surface area contributed by atoms with Gasteiger partial charge in [-0.15, -0.1) is 0 Å². The van der Waals surface area contributed by atoms with Crippen molar-refractivity contribution in [2.75, 3.05) is 49.9 Å². The van der Waals surface area contributed by atoms with E-state index in [1.807, 2.05) is 5.32 Å². The molecule has 2 N–H and O–H groups in total. The summed E-state index contributed by atoms with van der Waals surface area (Å²) in [4.78, 5) is 60.7. The van der Waals surface area contributed by atoms with Crippen LogP contribution in [0.15, 0.2) is 42.7 Å². The van der Waals surface area contributed by atoms with Crippen LogP contribution in [0.4, 0.5) is 26.0 Å². The number of hydrogen-bond donors (Lipinski definition) is 2. The molecular formula is C39H37Cl2F2N7O6. The molecule has 0 spiro atoms. The third kappa shape index (κ3) is 7.19. The van der Waals surface area contributed by atoms with Gasteiger partial charge in [0.25, 0.3) is 11.8 Å². The van der Waals surface area contributed by atoms with Crippen LogP contribution in [0.2, 0.25) is 10.0 Å². The molecule has 0 bridgehead atoms. The Morgan fingerprint density at radius 2 is 1.71 bits per heavy atom. The van der Waals surface area contributed by atoms with E-state index in [1.54, 1.807) is 12.1 Å². The zero-order valence-electron chi connectivity index (χ0n) is 37.4. The van der Waals surface area contributed by atoms with Crippen molar-refractivity contribution in [2.45, 2.75) is 50.7 Å². The fraction of sp³-hybridized carbons (Fsp3) is 0.385. The van der Waals surface area contributed by atoms with Gasteiger partial charge >= 0.3 is 0 Å². The lowest BCUT2D eigenvalue weighted by atomic mass is 9.87. The molecule has 3 aliphatic heterocycles. The van der Waals surface area contributed by atoms with Gasteiger partial charge in [-0.05, 0) is 68.4 Å². The Kier molecular flexibility index (Phi) is 8.04. The summed E-state index contributed by atoms with van der Waals surface area (Å²) in [5.41, 5.74) is -1.80. The van der Waals surface area contributed by atoms with E-state index in [1.165, 1.54) is 25.6 Å². The van der Waals surface area contributed by atoms with Gasteiger partial charge in [0.1, 0.15) is 24.0 Å². The maximum atomic E-state index is 15.8. The normalized spacial score (nSPS) is 27.4. The number of anilines is 3. The van der Waals surface area contributed by atoms with Crippen LogP contribution >= 0.6 is 23.2 Å². The minimum atomic E-state index is -3.44. The Balaban J connectivity index is 0.999. The first-order valence-electron chi connectivity index (χ1n) is 21.5. The number of nitrogens with one attached hydrogen (secondary N) is 2. The molecule has 1 aromatic heterocycles. The first-order chi connectivity index (χ1) is 30.0. The summed E-state index contributed by atoms with van der Waals surface area (Å²) < 4.78 is 115. The van der Waals surface area contributed by atoms with Crippen molar-refractivity contribution in [3.8, 4) is 11.5 Å². The van der Waals surface area contributed by atoms with Crippen molar-refractivity contribution < 1.29 is 48.4 Å². The predicted molar refractivity (Wildman–Crippen MR) is 204 cm³/mol. The second-order valence-electron chi connectivity index (χ2n) is 13.5. The van der Waals surface area contributed by atoms with Crippen LogP contribution in [0, 0.1) is 17.6 Å². The zero-order valence-corrected chi connectivity index (χ0v) is 30.9. The van der Waals surface area contributed by atoms with Gasteiger partial charge in [-0.3, -0.25) is 34.3 Å². The highest BCUT2D eigenvalue weighted by Gasteiger charge is 2.46. The van der Waals surface area contributed by atoms with Gasteiger partial charge < -0.3 is 19.7 Å². The molecule has 0 radical (unpaired) electrons. The second kappa shape index (κ2) is 15.4. The minimum absolute atomic E-state index is 0.00808. The lowest BCUT2D eigenvalue weighted by molar-refractivity contribution is -0.136. The van der Waals surface area contributed by atoms with E-state index < -0.39 is 103 Å². The summed E-state index contributed by atoms with van der Waals surface area (Å²) >= 11 is 12.0. The number of hydrogen-bond acceptors (Lipinski definition) is 11. The quantitative estimate of drug-likeness (QED) is 0.149. The van der Waals surface area contributed by atoms with Gasteiger partial charge in [0, 0.05) is 61.6 Å². The number of ether oxygens (including phenoxy) is 2. The maximum absolute atomic E-state index is 15.8. The molecule has 1 aliphatic carbocycles. The third-order valence-electron chi connectivity index (χ3n) is 10.1. The van der Waals surface area contributed by atoms with Gasteiger partial charge in [-0.1, -0.05) is 23.2 Å². The highest BCUT2D eigenvalue weighted by atomic mass is 35.5. The van der Waals surface area contributed by atoms with Crippen molar-refractivity contribution in [2.24, 2.45) is 5.92 Å². The average Bonchev–Trinajstić information content (AvgIpc) is 3.48. The predicted octanol–water partition coefficient (Wildman–Crippen LogP) is 6.13. The second-order valence-corrected chi connectivity index (χ2v) is 14.3. The number of amides is 4. The standard InChI is InChI=1S/C39H37Cl2F2N7O6/c1-55-30-17-28-23(36(45-19-44-28)46-27-7-6-25(40)34(41)35(27)43)16-31(30)56-22-4-2-20(3-5-22)18-48-10-12-49(13-11-48)21-14-24-33(26(42)15-21)39(54)50(38(24)53)29-8-9-32(51)47-37(29)52/h6-7,14-17,19-20,22,29H,2-5,8-13,18H2,1H3,(H,44,45,46)(H,47,51,52)/i10D2,11D2,12D2,13D2. The summed E-state index contributed by atoms with van der Waals surface area (Å²) in [6.45, 7) is -13.9. The molecule has 8 rings (SSSR count). The number of piperazine rings is 1. The van der Waals surface area contributed by atoms with Crippen molar-refractivity contribution in [3.05, 3.63) is 75.5 Å². The minimum Gasteiger partial charge on any atom is -0.493 e. The summed E-state index contributed by atoms with van der Waals surface area (Å²) in [6.07, 6.45) is 1.75. The van der Waals surface area contributed by atoms with Gasteiger partial charge in [-0.25, -0.2) is 18.7 Å². The fourth-order valence-corrected chi connectivity index (χ4v) is 7.50. The van der Waals surface area contributed by atoms with Crippen LogP contribution in [0.3, 0.4) is 0 Å². The number of methoxy groups -OCH3 is 1. The van der Waals surface area contributed by atoms with Crippen molar-refractivity contribution in [1.82, 2.24) is 25.1 Å². The van der Waals surface area contributed by atoms with Crippen LogP contribution in [-0.4, -0.2) is 95.2 Å². The van der Waals surface area contributed by atoms with E-state index in [-0.39, 0.29) is 39.3 Å². The van der Waals surface area contributed by atoms with E-state index in [0.717, 1.165) is 6.07 Å². The van der Waals surface area contributed by atoms with Crippen molar-refractivity contribution in [3.63, 3.8) is 0 Å². The number of fused-ring (bicyclic) bond motifs is 2. The Labute approximate surface area is 341 Å². The molecule has 13 nitrogen and oxygen atoms in total. The highest BCUT2D eigenvalue weighted by Crippen LogP contribution is 2.39. The highest BCUT2D eigenvalue weighted by molar-refractivity contribution is 6.42. The Bertz CT molecular complexity index is 2620. The number of imide groups is 2. The van der Waals surface area contributed by atoms with Crippen LogP contribution in [-0.2, 0) is 9.59 Å². The molecule has 17 heteroatoms. The number of aromatic nitrogens is 2. The Morgan fingerprint density at radius 1 is 0.946 bits per heavy atom. The Morgan fingerprint density at radius 3 is 2.45 bits per heavy atom. The van der Waals surface area contributed by atoms with Gasteiger partial charge in [0.2, 0.25) is 11.8 Å². The molecule has 3 aromatic carbocycles. The molecule has 3 fully saturated rings. The molecule has 4 aromatic rings. The number of carbonyl (C=O) groups is 4. The first-order valence-corrected chi connectivity index (χ1v) is 18.3. The molecular weight excluding hydrogens is 771 g/mol. The van der Waals surface area contributed by atoms with E-state index in [9.17, 15) is 23.6 Å². The molecule has 4 aliphatic rings. The molecule has 292 valence electrons. The fourth-order valence-electron chi connectivity index (χ4n) is 7.19. The van der Waals surface area contributed by atoms with Gasteiger partial charge in [0.15, 0.2) is 17.3 Å². The van der Waals surface area contributed by atoms with Crippen LogP contribution in [0.1, 0.15) is 70.2 Å². The molecule has 1 saturated carbocycles. The number of piperidine rings is 1. The number of rotatable bonds is 9. The first kappa shape index (κ1) is 29.2. The lowest BCUT2D eigenvalue weighted by Crippen LogP contribution is -2.54. The van der Waals surface area contributed by atoms with Crippen molar-refractivity contribution >= 4 is 74.9 Å². The smallest absolute Gasteiger partial charge is 0.265 e. The summed E-state index contributed by atoms with van der Waals surface area (Å²) in [6, 6.07) is 5.89. The number of benzene rings is 3. The van der Waals surface area contributed by atoms with Gasteiger partial charge in [-0.2, -0.15) is 0 Å². The molecule has 56 heavy (non-hydrogen) atoms. The molecule has 2 saturated heterocycles. The van der Waals surface area contributed by atoms with Gasteiger partial charge in [0.05, 0.1) is 51.1 Å². The summed E-state index contributed by atoms with van der Waals surface area (Å²) in [5.74, 6) is -5.84. The number of nitrogens with zero attached hydrogens (tertiary/aromatic N) is 5. The molecule has 4 heterocycles. The lowest BCUT2D eigenvalue weighted by Gasteiger charge is -2.39.